The molecule has 0 aliphatic heterocycles. The van der Waals surface area contributed by atoms with Gasteiger partial charge in [0.1, 0.15) is 0 Å². The average Bonchev–Trinajstić information content (AvgIpc) is 2.85. The van der Waals surface area contributed by atoms with Gasteiger partial charge in [0.05, 0.1) is 17.1 Å². The van der Waals surface area contributed by atoms with Crippen molar-refractivity contribution in [2.45, 2.75) is 19.9 Å². The number of aromatic carboxylic acids is 1. The second-order valence-corrected chi connectivity index (χ2v) is 5.01. The van der Waals surface area contributed by atoms with E-state index in [0.29, 0.717) is 12.1 Å². The van der Waals surface area contributed by atoms with Crippen LogP contribution in [0.25, 0.3) is 0 Å². The van der Waals surface area contributed by atoms with Crippen molar-refractivity contribution < 1.29 is 9.90 Å². The van der Waals surface area contributed by atoms with E-state index in [9.17, 15) is 4.79 Å². The molecule has 0 saturated heterocycles. The molecule has 2 aromatic rings. The summed E-state index contributed by atoms with van der Waals surface area (Å²) in [5.41, 5.74) is 1.21. The van der Waals surface area contributed by atoms with Gasteiger partial charge in [-0.15, -0.1) is 11.3 Å². The Kier molecular flexibility index (Phi) is 3.94. The molecule has 0 saturated carbocycles. The van der Waals surface area contributed by atoms with Crippen molar-refractivity contribution in [3.05, 3.63) is 45.9 Å². The number of rotatable bonds is 5. The largest absolute Gasteiger partial charge is 0.478 e. The van der Waals surface area contributed by atoms with Crippen LogP contribution in [0.3, 0.4) is 0 Å². The van der Waals surface area contributed by atoms with Crippen molar-refractivity contribution in [1.82, 2.24) is 4.98 Å². The fourth-order valence-corrected chi connectivity index (χ4v) is 2.32. The van der Waals surface area contributed by atoms with Crippen molar-refractivity contribution >= 4 is 23.0 Å². The second-order valence-electron chi connectivity index (χ2n) is 3.81. The van der Waals surface area contributed by atoms with Crippen LogP contribution in [-0.2, 0) is 13.0 Å². The zero-order chi connectivity index (χ0) is 13.0. The third-order valence-corrected chi connectivity index (χ3v) is 3.64. The molecule has 1 aromatic heterocycles. The number of carboxylic acids is 1. The number of nitrogens with zero attached hydrogens (tertiary/aromatic N) is 1. The molecule has 18 heavy (non-hydrogen) atoms. The highest BCUT2D eigenvalue weighted by Crippen LogP contribution is 2.16. The highest BCUT2D eigenvalue weighted by Gasteiger charge is 2.02. The Balaban J connectivity index is 1.95. The molecule has 1 heterocycles. The smallest absolute Gasteiger partial charge is 0.335 e. The number of carbonyl (C=O) groups is 1. The van der Waals surface area contributed by atoms with Crippen LogP contribution in [0, 0.1) is 0 Å². The van der Waals surface area contributed by atoms with Crippen molar-refractivity contribution in [1.29, 1.82) is 0 Å². The number of hydrogen-bond acceptors (Lipinski definition) is 4. The number of carboxylic acid groups (broad SMARTS) is 1. The molecule has 0 radical (unpaired) electrons. The van der Waals surface area contributed by atoms with Gasteiger partial charge in [0.15, 0.2) is 0 Å². The molecule has 0 unspecified atom stereocenters. The lowest BCUT2D eigenvalue weighted by molar-refractivity contribution is 0.0697. The van der Waals surface area contributed by atoms with Crippen LogP contribution in [0.1, 0.15) is 27.2 Å². The minimum Gasteiger partial charge on any atom is -0.478 e. The van der Waals surface area contributed by atoms with Crippen LogP contribution in [0.15, 0.2) is 30.5 Å². The number of nitrogens with one attached hydrogen (secondary N) is 1. The zero-order valence-electron chi connectivity index (χ0n) is 10.0. The van der Waals surface area contributed by atoms with Crippen molar-refractivity contribution in [3.8, 4) is 0 Å². The van der Waals surface area contributed by atoms with Gasteiger partial charge in [0.25, 0.3) is 0 Å². The molecule has 94 valence electrons. The SMILES string of the molecule is CCc1ncc(CNc2ccc(C(=O)O)cc2)s1. The predicted octanol–water partition coefficient (Wildman–Crippen LogP) is 3.02. The maximum absolute atomic E-state index is 10.7. The normalized spacial score (nSPS) is 10.3. The molecule has 0 spiro atoms. The number of aryl methyl sites for hydroxylation is 1. The standard InChI is InChI=1S/C13H14N2O2S/c1-2-12-15-8-11(18-12)7-14-10-5-3-9(4-6-10)13(16)17/h3-6,8,14H,2,7H2,1H3,(H,16,17). The first-order chi connectivity index (χ1) is 8.69. The quantitative estimate of drug-likeness (QED) is 0.869. The first-order valence-electron chi connectivity index (χ1n) is 5.70. The van der Waals surface area contributed by atoms with Gasteiger partial charge in [-0.1, -0.05) is 6.92 Å². The Hall–Kier alpha value is -1.88. The van der Waals surface area contributed by atoms with Gasteiger partial charge in [-0.25, -0.2) is 9.78 Å². The topological polar surface area (TPSA) is 62.2 Å². The summed E-state index contributed by atoms with van der Waals surface area (Å²) in [6.45, 7) is 2.80. The first kappa shape index (κ1) is 12.6. The Morgan fingerprint density at radius 1 is 1.39 bits per heavy atom. The molecular formula is C13H14N2O2S. The molecule has 2 rings (SSSR count). The van der Waals surface area contributed by atoms with E-state index < -0.39 is 5.97 Å². The lowest BCUT2D eigenvalue weighted by Crippen LogP contribution is -1.99. The van der Waals surface area contributed by atoms with Gasteiger partial charge in [-0.2, -0.15) is 0 Å². The van der Waals surface area contributed by atoms with E-state index in [4.69, 9.17) is 5.11 Å². The van der Waals surface area contributed by atoms with E-state index in [-0.39, 0.29) is 0 Å². The number of anilines is 1. The maximum atomic E-state index is 10.7. The van der Waals surface area contributed by atoms with E-state index in [0.717, 1.165) is 17.1 Å². The molecule has 0 aliphatic carbocycles. The molecule has 4 nitrogen and oxygen atoms in total. The van der Waals surface area contributed by atoms with E-state index in [2.05, 4.69) is 17.2 Å². The van der Waals surface area contributed by atoms with Crippen LogP contribution in [0.4, 0.5) is 5.69 Å². The van der Waals surface area contributed by atoms with Gasteiger partial charge in [-0.05, 0) is 30.7 Å². The Labute approximate surface area is 109 Å². The number of benzene rings is 1. The molecular weight excluding hydrogens is 248 g/mol. The summed E-state index contributed by atoms with van der Waals surface area (Å²) in [6, 6.07) is 6.72. The van der Waals surface area contributed by atoms with Crippen LogP contribution in [0.5, 0.6) is 0 Å². The third-order valence-electron chi connectivity index (χ3n) is 2.50. The fraction of sp³-hybridized carbons (Fsp3) is 0.231. The predicted molar refractivity (Wildman–Crippen MR) is 72.2 cm³/mol. The Morgan fingerprint density at radius 2 is 2.11 bits per heavy atom. The summed E-state index contributed by atoms with van der Waals surface area (Å²) in [7, 11) is 0. The van der Waals surface area contributed by atoms with Crippen LogP contribution >= 0.6 is 11.3 Å². The lowest BCUT2D eigenvalue weighted by Gasteiger charge is -2.04. The van der Waals surface area contributed by atoms with E-state index >= 15 is 0 Å². The highest BCUT2D eigenvalue weighted by molar-refractivity contribution is 7.11. The van der Waals surface area contributed by atoms with Gasteiger partial charge >= 0.3 is 5.97 Å². The van der Waals surface area contributed by atoms with Crippen LogP contribution < -0.4 is 5.32 Å². The monoisotopic (exact) mass is 262 g/mol. The zero-order valence-corrected chi connectivity index (χ0v) is 10.8. The fourth-order valence-electron chi connectivity index (χ4n) is 1.51. The van der Waals surface area contributed by atoms with E-state index in [1.165, 1.54) is 4.88 Å². The summed E-state index contributed by atoms with van der Waals surface area (Å²) >= 11 is 1.69. The van der Waals surface area contributed by atoms with Gasteiger partial charge < -0.3 is 10.4 Å². The van der Waals surface area contributed by atoms with Crippen molar-refractivity contribution in [2.24, 2.45) is 0 Å². The first-order valence-corrected chi connectivity index (χ1v) is 6.51. The maximum Gasteiger partial charge on any atom is 0.335 e. The molecule has 0 bridgehead atoms. The number of thiazole rings is 1. The summed E-state index contributed by atoms with van der Waals surface area (Å²) in [5, 5.41) is 13.2. The highest BCUT2D eigenvalue weighted by atomic mass is 32.1. The van der Waals surface area contributed by atoms with Crippen LogP contribution in [-0.4, -0.2) is 16.1 Å². The van der Waals surface area contributed by atoms with Gasteiger partial charge in [0, 0.05) is 16.8 Å². The summed E-state index contributed by atoms with van der Waals surface area (Å²) in [6.07, 6.45) is 2.83. The average molecular weight is 262 g/mol. The molecule has 0 fully saturated rings. The second kappa shape index (κ2) is 5.64. The van der Waals surface area contributed by atoms with Crippen molar-refractivity contribution in [3.63, 3.8) is 0 Å². The minimum absolute atomic E-state index is 0.298. The van der Waals surface area contributed by atoms with Crippen molar-refractivity contribution in [2.75, 3.05) is 5.32 Å². The lowest BCUT2D eigenvalue weighted by atomic mass is 10.2. The summed E-state index contributed by atoms with van der Waals surface area (Å²) in [5.74, 6) is -0.906. The number of aromatic nitrogens is 1. The molecule has 0 amide bonds. The molecule has 0 aliphatic rings. The van der Waals surface area contributed by atoms with E-state index in [1.54, 1.807) is 35.6 Å². The van der Waals surface area contributed by atoms with Crippen LogP contribution in [0.2, 0.25) is 0 Å². The molecule has 1 aromatic carbocycles. The Morgan fingerprint density at radius 3 is 2.67 bits per heavy atom. The molecule has 5 heteroatoms. The molecule has 0 atom stereocenters. The number of hydrogen-bond donors (Lipinski definition) is 2. The minimum atomic E-state index is -0.906. The summed E-state index contributed by atoms with van der Waals surface area (Å²) in [4.78, 5) is 16.2. The third kappa shape index (κ3) is 3.07. The van der Waals surface area contributed by atoms with Gasteiger partial charge in [0.2, 0.25) is 0 Å². The van der Waals surface area contributed by atoms with E-state index in [1.807, 2.05) is 6.20 Å². The van der Waals surface area contributed by atoms with Gasteiger partial charge in [-0.3, -0.25) is 0 Å². The summed E-state index contributed by atoms with van der Waals surface area (Å²) < 4.78 is 0. The molecule has 2 N–H and O–H groups in total. The Bertz CT molecular complexity index is 534.